The van der Waals surface area contributed by atoms with Crippen LogP contribution in [0.1, 0.15) is 13.3 Å². The highest BCUT2D eigenvalue weighted by atomic mass is 32.2. The maximum absolute atomic E-state index is 13.3. The molecular weight excluding hydrogens is 527 g/mol. The number of ether oxygens (including phenoxy) is 1. The first-order valence-electron chi connectivity index (χ1n) is 10.6. The fraction of sp³-hybridized carbons (Fsp3) is 0.429. The van der Waals surface area contributed by atoms with Gasteiger partial charge in [0.25, 0.3) is 9.84 Å². The number of nitrogens with two attached hydrogens (primary N) is 1. The molecule has 0 spiro atoms. The van der Waals surface area contributed by atoms with E-state index in [1.54, 1.807) is 18.7 Å². The number of sulfone groups is 1. The monoisotopic (exact) mass is 553 g/mol. The number of nitrogens with one attached hydrogen (secondary N) is 1. The van der Waals surface area contributed by atoms with Gasteiger partial charge < -0.3 is 10.1 Å². The summed E-state index contributed by atoms with van der Waals surface area (Å²) in [6, 6.07) is 11.5. The number of halogens is 3. The van der Waals surface area contributed by atoms with Gasteiger partial charge in [0.2, 0.25) is 10.0 Å². The van der Waals surface area contributed by atoms with Crippen molar-refractivity contribution in [2.24, 2.45) is 5.14 Å². The number of nitrogens with zero attached hydrogens (tertiary/aromatic N) is 1. The van der Waals surface area contributed by atoms with E-state index in [0.29, 0.717) is 38.8 Å². The number of alkyl halides is 3. The summed E-state index contributed by atoms with van der Waals surface area (Å²) in [5, 5.41) is 7.77. The number of hydrogen-bond acceptors (Lipinski definition) is 8. The number of anilines is 1. The Morgan fingerprint density at radius 2 is 1.71 bits per heavy atom. The molecule has 194 valence electrons. The topological polar surface area (TPSA) is 119 Å². The van der Waals surface area contributed by atoms with Crippen LogP contribution < -0.4 is 10.5 Å². The van der Waals surface area contributed by atoms with Gasteiger partial charge in [0, 0.05) is 24.0 Å². The first-order chi connectivity index (χ1) is 16.3. The SMILES string of the molecule is C[C@H](C[C@H](Sc1ccccc1)N1CCOCC1)Nc1ccc(S(N)(=O)=O)cc1S(=O)(=O)C(F)(F)F. The van der Waals surface area contributed by atoms with Gasteiger partial charge >= 0.3 is 5.51 Å². The standard InChI is InChI=1S/C21H26F3N3O5S3/c1-15(13-20(27-9-11-32-12-10-27)33-16-5-3-2-4-6-16)26-18-8-7-17(35(25,30)31)14-19(18)34(28,29)21(22,23)24/h2-8,14-15,20,26H,9-13H2,1H3,(H2,25,30,31)/t15-,20+/m1/s1. The van der Waals surface area contributed by atoms with Gasteiger partial charge in [-0.1, -0.05) is 18.2 Å². The molecule has 14 heteroatoms. The number of primary sulfonamides is 1. The molecule has 2 atom stereocenters. The second kappa shape index (κ2) is 11.0. The summed E-state index contributed by atoms with van der Waals surface area (Å²) in [4.78, 5) is 1.29. The predicted octanol–water partition coefficient (Wildman–Crippen LogP) is 3.27. The van der Waals surface area contributed by atoms with Crippen molar-refractivity contribution in [3.05, 3.63) is 48.5 Å². The van der Waals surface area contributed by atoms with Crippen molar-refractivity contribution in [2.75, 3.05) is 31.6 Å². The Hall–Kier alpha value is -1.84. The van der Waals surface area contributed by atoms with E-state index in [0.717, 1.165) is 17.0 Å². The third-order valence-electron chi connectivity index (χ3n) is 5.30. The molecule has 0 aromatic heterocycles. The smallest absolute Gasteiger partial charge is 0.381 e. The van der Waals surface area contributed by atoms with Crippen molar-refractivity contribution in [1.82, 2.24) is 4.90 Å². The molecule has 8 nitrogen and oxygen atoms in total. The first-order valence-corrected chi connectivity index (χ1v) is 14.5. The van der Waals surface area contributed by atoms with Gasteiger partial charge in [0.1, 0.15) is 4.90 Å². The van der Waals surface area contributed by atoms with E-state index in [1.807, 2.05) is 30.3 Å². The summed E-state index contributed by atoms with van der Waals surface area (Å²) in [7, 11) is -10.3. The molecule has 2 aromatic carbocycles. The quantitative estimate of drug-likeness (QED) is 0.455. The highest BCUT2D eigenvalue weighted by Crippen LogP contribution is 2.37. The molecule has 1 aliphatic heterocycles. The van der Waals surface area contributed by atoms with E-state index < -0.39 is 41.2 Å². The minimum absolute atomic E-state index is 0.0739. The Bertz CT molecular complexity index is 1220. The van der Waals surface area contributed by atoms with E-state index in [2.05, 4.69) is 10.2 Å². The van der Waals surface area contributed by atoms with Gasteiger partial charge in [-0.05, 0) is 43.7 Å². The second-order valence-electron chi connectivity index (χ2n) is 7.97. The molecule has 0 aliphatic carbocycles. The highest BCUT2D eigenvalue weighted by Gasteiger charge is 2.48. The molecule has 35 heavy (non-hydrogen) atoms. The molecule has 0 bridgehead atoms. The lowest BCUT2D eigenvalue weighted by molar-refractivity contribution is -0.0435. The fourth-order valence-corrected chi connectivity index (χ4v) is 6.50. The molecule has 3 N–H and O–H groups in total. The Morgan fingerprint density at radius 3 is 2.29 bits per heavy atom. The van der Waals surface area contributed by atoms with E-state index in [9.17, 15) is 30.0 Å². The Kier molecular flexibility index (Phi) is 8.76. The summed E-state index contributed by atoms with van der Waals surface area (Å²) in [6.45, 7) is 4.17. The molecule has 2 aromatic rings. The van der Waals surface area contributed by atoms with E-state index >= 15 is 0 Å². The van der Waals surface area contributed by atoms with Gasteiger partial charge in [0.15, 0.2) is 0 Å². The molecule has 0 amide bonds. The number of sulfonamides is 1. The van der Waals surface area contributed by atoms with Gasteiger partial charge in [-0.3, -0.25) is 4.90 Å². The van der Waals surface area contributed by atoms with E-state index in [4.69, 9.17) is 9.88 Å². The zero-order valence-electron chi connectivity index (χ0n) is 18.7. The van der Waals surface area contributed by atoms with Crippen molar-refractivity contribution in [2.45, 2.75) is 45.0 Å². The van der Waals surface area contributed by atoms with Crippen molar-refractivity contribution in [3.8, 4) is 0 Å². The molecule has 3 rings (SSSR count). The Morgan fingerprint density at radius 1 is 1.09 bits per heavy atom. The number of benzene rings is 2. The average molecular weight is 554 g/mol. The maximum Gasteiger partial charge on any atom is 0.501 e. The van der Waals surface area contributed by atoms with Crippen molar-refractivity contribution < 1.29 is 34.7 Å². The summed E-state index contributed by atoms with van der Waals surface area (Å²) in [5.74, 6) is 0. The van der Waals surface area contributed by atoms with Crippen LogP contribution in [0.25, 0.3) is 0 Å². The number of hydrogen-bond donors (Lipinski definition) is 2. The first kappa shape index (κ1) is 27.7. The van der Waals surface area contributed by atoms with E-state index in [1.165, 1.54) is 0 Å². The van der Waals surface area contributed by atoms with Crippen LogP contribution in [-0.4, -0.2) is 65.0 Å². The zero-order valence-corrected chi connectivity index (χ0v) is 21.2. The normalized spacial score (nSPS) is 17.6. The van der Waals surface area contributed by atoms with Crippen LogP contribution in [0.5, 0.6) is 0 Å². The highest BCUT2D eigenvalue weighted by molar-refractivity contribution is 7.99. The van der Waals surface area contributed by atoms with Gasteiger partial charge in [-0.15, -0.1) is 11.8 Å². The van der Waals surface area contributed by atoms with Crippen LogP contribution in [-0.2, 0) is 24.6 Å². The van der Waals surface area contributed by atoms with Crippen LogP contribution in [0.15, 0.2) is 63.2 Å². The predicted molar refractivity (Wildman–Crippen MR) is 127 cm³/mol. The molecule has 0 radical (unpaired) electrons. The van der Waals surface area contributed by atoms with Gasteiger partial charge in [0.05, 0.1) is 29.2 Å². The fourth-order valence-electron chi connectivity index (χ4n) is 3.57. The minimum atomic E-state index is -5.85. The second-order valence-corrected chi connectivity index (χ2v) is 12.7. The molecule has 0 saturated carbocycles. The van der Waals surface area contributed by atoms with Crippen LogP contribution >= 0.6 is 11.8 Å². The number of rotatable bonds is 9. The van der Waals surface area contributed by atoms with Crippen molar-refractivity contribution >= 4 is 37.3 Å². The summed E-state index contributed by atoms with van der Waals surface area (Å²) >= 11 is 1.59. The van der Waals surface area contributed by atoms with Crippen LogP contribution in [0.4, 0.5) is 18.9 Å². The lowest BCUT2D eigenvalue weighted by Crippen LogP contribution is -2.43. The molecule has 1 fully saturated rings. The van der Waals surface area contributed by atoms with E-state index in [-0.39, 0.29) is 11.1 Å². The third-order valence-corrected chi connectivity index (χ3v) is 9.05. The minimum Gasteiger partial charge on any atom is -0.381 e. The Balaban J connectivity index is 1.89. The lowest BCUT2D eigenvalue weighted by Gasteiger charge is -2.35. The number of thioether (sulfide) groups is 1. The van der Waals surface area contributed by atoms with Crippen LogP contribution in [0.2, 0.25) is 0 Å². The summed E-state index contributed by atoms with van der Waals surface area (Å²) in [5.41, 5.74) is -5.98. The molecule has 1 aliphatic rings. The van der Waals surface area contributed by atoms with Crippen molar-refractivity contribution in [1.29, 1.82) is 0 Å². The molecule has 1 heterocycles. The van der Waals surface area contributed by atoms with Gasteiger partial charge in [-0.2, -0.15) is 13.2 Å². The van der Waals surface area contributed by atoms with Crippen LogP contribution in [0.3, 0.4) is 0 Å². The summed E-state index contributed by atoms with van der Waals surface area (Å²) < 4.78 is 93.2. The lowest BCUT2D eigenvalue weighted by atomic mass is 10.2. The largest absolute Gasteiger partial charge is 0.501 e. The maximum atomic E-state index is 13.3. The molecule has 0 unspecified atom stereocenters. The number of morpholine rings is 1. The van der Waals surface area contributed by atoms with Gasteiger partial charge in [-0.25, -0.2) is 22.0 Å². The zero-order chi connectivity index (χ0) is 25.9. The van der Waals surface area contributed by atoms with Crippen LogP contribution in [0, 0.1) is 0 Å². The molecular formula is C21H26F3N3O5S3. The van der Waals surface area contributed by atoms with Crippen molar-refractivity contribution in [3.63, 3.8) is 0 Å². The third kappa shape index (κ3) is 7.11. The summed E-state index contributed by atoms with van der Waals surface area (Å²) in [6.07, 6.45) is 0.446. The molecule has 1 saturated heterocycles. The Labute approximate surface area is 207 Å². The average Bonchev–Trinajstić information content (AvgIpc) is 2.78.